The Morgan fingerprint density at radius 2 is 2.07 bits per heavy atom. The molecule has 0 unspecified atom stereocenters. The number of hydrogen-bond acceptors (Lipinski definition) is 1. The van der Waals surface area contributed by atoms with Crippen molar-refractivity contribution in [1.82, 2.24) is 0 Å². The van der Waals surface area contributed by atoms with Gasteiger partial charge in [0.05, 0.1) is 0 Å². The average Bonchev–Trinajstić information content (AvgIpc) is 2.49. The highest BCUT2D eigenvalue weighted by atomic mass is 35.5. The van der Waals surface area contributed by atoms with Crippen LogP contribution in [-0.4, -0.2) is 0 Å². The Morgan fingerprint density at radius 1 is 1.43 bits per heavy atom. The number of allylic oxidation sites excluding steroid dienone is 1. The topological polar surface area (TPSA) is 0 Å². The van der Waals surface area contributed by atoms with E-state index in [1.54, 1.807) is 17.4 Å². The summed E-state index contributed by atoms with van der Waals surface area (Å²) in [6.07, 6.45) is 1.75. The van der Waals surface area contributed by atoms with Crippen LogP contribution in [0.1, 0.15) is 12.5 Å². The zero-order chi connectivity index (χ0) is 10.6. The average molecular weight is 225 g/mol. The first kappa shape index (κ1) is 11.3. The summed E-state index contributed by atoms with van der Waals surface area (Å²) in [5, 5.41) is 4.25. The fourth-order valence-corrected chi connectivity index (χ4v) is 2.22. The molecule has 0 aliphatic carbocycles. The summed E-state index contributed by atoms with van der Waals surface area (Å²) >= 11 is 7.62. The summed E-state index contributed by atoms with van der Waals surface area (Å²) in [7, 11) is 0. The van der Waals surface area contributed by atoms with Gasteiger partial charge >= 0.3 is 0 Å². The first-order valence-corrected chi connectivity index (χ1v) is 5.65. The van der Waals surface area contributed by atoms with Crippen LogP contribution in [0.5, 0.6) is 0 Å². The van der Waals surface area contributed by atoms with Gasteiger partial charge in [-0.3, -0.25) is 0 Å². The molecule has 0 nitrogen and oxygen atoms in total. The summed E-state index contributed by atoms with van der Waals surface area (Å²) in [6.45, 7) is 7.36. The second-order valence-corrected chi connectivity index (χ2v) is 4.32. The van der Waals surface area contributed by atoms with Gasteiger partial charge in [-0.1, -0.05) is 17.7 Å². The van der Waals surface area contributed by atoms with Crippen molar-refractivity contribution in [3.63, 3.8) is 0 Å². The zero-order valence-corrected chi connectivity index (χ0v) is 9.95. The van der Waals surface area contributed by atoms with E-state index in [4.69, 9.17) is 11.6 Å². The van der Waals surface area contributed by atoms with Crippen LogP contribution in [0.25, 0.3) is 10.1 Å². The first-order valence-electron chi connectivity index (χ1n) is 4.39. The maximum Gasteiger partial charge on any atom is 0.0413 e. The number of benzene rings is 1. The Kier molecular flexibility index (Phi) is 4.18. The van der Waals surface area contributed by atoms with E-state index in [9.17, 15) is 0 Å². The maximum atomic E-state index is 5.85. The van der Waals surface area contributed by atoms with E-state index in [-0.39, 0.29) is 0 Å². The molecule has 0 amide bonds. The highest BCUT2D eigenvalue weighted by molar-refractivity contribution is 7.17. The normalized spacial score (nSPS) is 9.36. The molecule has 0 saturated heterocycles. The molecule has 0 bridgehead atoms. The lowest BCUT2D eigenvalue weighted by Gasteiger charge is -1.91. The van der Waals surface area contributed by atoms with E-state index in [1.807, 2.05) is 19.1 Å². The molecule has 0 saturated carbocycles. The Bertz CT molecular complexity index is 429. The fourth-order valence-electron chi connectivity index (χ4n) is 1.13. The van der Waals surface area contributed by atoms with Crippen LogP contribution in [0.4, 0.5) is 0 Å². The largest absolute Gasteiger partial charge is 0.144 e. The lowest BCUT2D eigenvalue weighted by Crippen LogP contribution is -1.66. The summed E-state index contributed by atoms with van der Waals surface area (Å²) in [6, 6.07) is 6.01. The van der Waals surface area contributed by atoms with Crippen molar-refractivity contribution < 1.29 is 0 Å². The van der Waals surface area contributed by atoms with Crippen LogP contribution in [0.2, 0.25) is 5.02 Å². The molecule has 0 fully saturated rings. The second kappa shape index (κ2) is 5.18. The summed E-state index contributed by atoms with van der Waals surface area (Å²) in [5.74, 6) is 0. The smallest absolute Gasteiger partial charge is 0.0413 e. The highest BCUT2D eigenvalue weighted by Gasteiger charge is 1.98. The van der Waals surface area contributed by atoms with Gasteiger partial charge in [-0.05, 0) is 48.4 Å². The molecule has 0 N–H and O–H groups in total. The van der Waals surface area contributed by atoms with Gasteiger partial charge in [0.15, 0.2) is 0 Å². The predicted octanol–water partition coefficient (Wildman–Crippen LogP) is 5.06. The van der Waals surface area contributed by atoms with Gasteiger partial charge in [0.25, 0.3) is 0 Å². The predicted molar refractivity (Wildman–Crippen MR) is 67.4 cm³/mol. The Hall–Kier alpha value is -0.790. The van der Waals surface area contributed by atoms with Crippen LogP contribution in [0.3, 0.4) is 0 Å². The third-order valence-corrected chi connectivity index (χ3v) is 3.05. The fraction of sp³-hybridized carbons (Fsp3) is 0.167. The number of thiophene rings is 1. The SMILES string of the molecule is C=CC.Cc1csc2ccc(Cl)cc12. The molecule has 1 heterocycles. The van der Waals surface area contributed by atoms with Crippen LogP contribution in [-0.2, 0) is 0 Å². The van der Waals surface area contributed by atoms with Gasteiger partial charge in [-0.15, -0.1) is 17.9 Å². The number of fused-ring (bicyclic) bond motifs is 1. The van der Waals surface area contributed by atoms with E-state index in [1.165, 1.54) is 15.6 Å². The minimum absolute atomic E-state index is 0.819. The quantitative estimate of drug-likeness (QED) is 0.549. The molecule has 74 valence electrons. The van der Waals surface area contributed by atoms with Crippen LogP contribution in [0.15, 0.2) is 36.2 Å². The number of aryl methyl sites for hydroxylation is 1. The van der Waals surface area contributed by atoms with Crippen molar-refractivity contribution in [2.75, 3.05) is 0 Å². The van der Waals surface area contributed by atoms with Crippen LogP contribution >= 0.6 is 22.9 Å². The number of rotatable bonds is 0. The Morgan fingerprint density at radius 3 is 2.71 bits per heavy atom. The van der Waals surface area contributed by atoms with Gasteiger partial charge < -0.3 is 0 Å². The van der Waals surface area contributed by atoms with Crippen LogP contribution in [0, 0.1) is 6.92 Å². The molecular weight excluding hydrogens is 212 g/mol. The van der Waals surface area contributed by atoms with Crippen molar-refractivity contribution in [2.24, 2.45) is 0 Å². The van der Waals surface area contributed by atoms with Gasteiger partial charge in [0.1, 0.15) is 0 Å². The molecule has 1 aromatic heterocycles. The Balaban J connectivity index is 0.000000293. The third kappa shape index (κ3) is 2.60. The molecule has 0 aliphatic rings. The van der Waals surface area contributed by atoms with E-state index >= 15 is 0 Å². The lowest BCUT2D eigenvalue weighted by molar-refractivity contribution is 1.60. The number of hydrogen-bond donors (Lipinski definition) is 0. The molecule has 1 aromatic carbocycles. The number of halogens is 1. The van der Waals surface area contributed by atoms with E-state index in [0.717, 1.165) is 5.02 Å². The van der Waals surface area contributed by atoms with Crippen molar-refractivity contribution in [2.45, 2.75) is 13.8 Å². The maximum absolute atomic E-state index is 5.85. The summed E-state index contributed by atoms with van der Waals surface area (Å²) in [5.41, 5.74) is 1.31. The molecule has 0 atom stereocenters. The molecular formula is C12H13ClS. The van der Waals surface area contributed by atoms with E-state index in [0.29, 0.717) is 0 Å². The van der Waals surface area contributed by atoms with Gasteiger partial charge in [-0.25, -0.2) is 0 Å². The molecule has 2 heteroatoms. The van der Waals surface area contributed by atoms with Gasteiger partial charge in [0.2, 0.25) is 0 Å². The summed E-state index contributed by atoms with van der Waals surface area (Å²) in [4.78, 5) is 0. The minimum Gasteiger partial charge on any atom is -0.144 e. The van der Waals surface area contributed by atoms with Crippen molar-refractivity contribution >= 4 is 33.0 Å². The standard InChI is InChI=1S/C9H7ClS.C3H6/c1-6-5-11-9-3-2-7(10)4-8(6)9;1-3-2/h2-5H,1H3;3H,1H2,2H3. The van der Waals surface area contributed by atoms with Gasteiger partial charge in [-0.2, -0.15) is 0 Å². The molecule has 0 radical (unpaired) electrons. The monoisotopic (exact) mass is 224 g/mol. The Labute approximate surface area is 93.8 Å². The molecule has 14 heavy (non-hydrogen) atoms. The summed E-state index contributed by atoms with van der Waals surface area (Å²) < 4.78 is 1.31. The van der Waals surface area contributed by atoms with Crippen molar-refractivity contribution in [1.29, 1.82) is 0 Å². The van der Waals surface area contributed by atoms with Gasteiger partial charge in [0, 0.05) is 9.72 Å². The molecule has 0 aliphatic heterocycles. The third-order valence-electron chi connectivity index (χ3n) is 1.73. The molecule has 2 rings (SSSR count). The van der Waals surface area contributed by atoms with E-state index < -0.39 is 0 Å². The first-order chi connectivity index (χ1) is 6.69. The second-order valence-electron chi connectivity index (χ2n) is 2.97. The van der Waals surface area contributed by atoms with Crippen LogP contribution < -0.4 is 0 Å². The minimum atomic E-state index is 0.819. The highest BCUT2D eigenvalue weighted by Crippen LogP contribution is 2.27. The van der Waals surface area contributed by atoms with E-state index in [2.05, 4.69) is 24.9 Å². The molecule has 0 spiro atoms. The lowest BCUT2D eigenvalue weighted by atomic mass is 10.2. The zero-order valence-electron chi connectivity index (χ0n) is 8.38. The molecule has 2 aromatic rings. The van der Waals surface area contributed by atoms with Crippen molar-refractivity contribution in [3.8, 4) is 0 Å². The van der Waals surface area contributed by atoms with Crippen molar-refractivity contribution in [3.05, 3.63) is 46.8 Å².